The minimum Gasteiger partial charge on any atom is -0.342 e. The summed E-state index contributed by atoms with van der Waals surface area (Å²) in [5.41, 5.74) is 0.404. The average Bonchev–Trinajstić information content (AvgIpc) is 2.93. The van der Waals surface area contributed by atoms with Gasteiger partial charge in [0.05, 0.1) is 5.02 Å². The summed E-state index contributed by atoms with van der Waals surface area (Å²) in [5, 5.41) is 0.635. The van der Waals surface area contributed by atoms with E-state index in [-0.39, 0.29) is 22.9 Å². The van der Waals surface area contributed by atoms with Gasteiger partial charge < -0.3 is 14.8 Å². The molecule has 0 unspecified atom stereocenters. The van der Waals surface area contributed by atoms with Crippen LogP contribution in [-0.4, -0.2) is 52.8 Å². The predicted octanol–water partition coefficient (Wildman–Crippen LogP) is 3.19. The lowest BCUT2D eigenvalue weighted by molar-refractivity contribution is -0.137. The van der Waals surface area contributed by atoms with Gasteiger partial charge in [0.25, 0.3) is 5.91 Å². The third-order valence-electron chi connectivity index (χ3n) is 4.75. The van der Waals surface area contributed by atoms with Crippen LogP contribution in [-0.2, 0) is 4.79 Å². The first kappa shape index (κ1) is 16.7. The van der Waals surface area contributed by atoms with Gasteiger partial charge in [-0.15, -0.1) is 0 Å². The summed E-state index contributed by atoms with van der Waals surface area (Å²) in [6.45, 7) is 2.96. The molecule has 2 amide bonds. The fourth-order valence-electron chi connectivity index (χ4n) is 3.39. The molecule has 0 saturated carbocycles. The quantitative estimate of drug-likeness (QED) is 0.883. The van der Waals surface area contributed by atoms with Gasteiger partial charge >= 0.3 is 0 Å². The molecule has 0 bridgehead atoms. The van der Waals surface area contributed by atoms with Crippen molar-refractivity contribution in [3.8, 4) is 0 Å². The Kier molecular flexibility index (Phi) is 5.17. The number of hydrogen-bond acceptors (Lipinski definition) is 2. The average molecular weight is 358 g/mol. The molecule has 1 aromatic rings. The summed E-state index contributed by atoms with van der Waals surface area (Å²) >= 11 is 11.7. The normalized spacial score (nSPS) is 19.9. The first-order valence-corrected chi connectivity index (χ1v) is 8.94. The van der Waals surface area contributed by atoms with Crippen LogP contribution < -0.4 is 0 Å². The molecule has 3 heterocycles. The number of halogens is 2. The second-order valence-corrected chi connectivity index (χ2v) is 7.08. The molecule has 2 aliphatic rings. The summed E-state index contributed by atoms with van der Waals surface area (Å²) in [7, 11) is 0. The number of nitrogens with zero attached hydrogens (tertiary/aromatic N) is 2. The number of piperidine rings is 2. The molecule has 2 saturated heterocycles. The van der Waals surface area contributed by atoms with E-state index < -0.39 is 0 Å². The van der Waals surface area contributed by atoms with Gasteiger partial charge in [-0.1, -0.05) is 23.2 Å². The van der Waals surface area contributed by atoms with E-state index in [9.17, 15) is 9.59 Å². The summed E-state index contributed by atoms with van der Waals surface area (Å²) in [5.74, 6) is 0.207. The summed E-state index contributed by atoms with van der Waals surface area (Å²) in [6, 6.07) is 1.55. The molecule has 3 rings (SSSR count). The summed E-state index contributed by atoms with van der Waals surface area (Å²) < 4.78 is 0. The molecule has 0 radical (unpaired) electrons. The van der Waals surface area contributed by atoms with Gasteiger partial charge in [-0.25, -0.2) is 0 Å². The third-order valence-corrected chi connectivity index (χ3v) is 5.45. The largest absolute Gasteiger partial charge is 0.342 e. The van der Waals surface area contributed by atoms with E-state index in [1.807, 2.05) is 4.90 Å². The molecular formula is C16H21Cl2N3O2. The second-order valence-electron chi connectivity index (χ2n) is 6.30. The second kappa shape index (κ2) is 7.14. The Morgan fingerprint density at radius 1 is 1.00 bits per heavy atom. The van der Waals surface area contributed by atoms with Gasteiger partial charge in [0.1, 0.15) is 10.8 Å². The maximum atomic E-state index is 12.5. The Hall–Kier alpha value is -1.20. The lowest BCUT2D eigenvalue weighted by Crippen LogP contribution is -2.45. The number of rotatable bonds is 2. The molecule has 2 aliphatic heterocycles. The predicted molar refractivity (Wildman–Crippen MR) is 89.9 cm³/mol. The highest BCUT2D eigenvalue weighted by atomic mass is 35.5. The molecule has 0 aliphatic carbocycles. The number of amides is 2. The van der Waals surface area contributed by atoms with E-state index in [4.69, 9.17) is 23.2 Å². The maximum Gasteiger partial charge on any atom is 0.270 e. The molecule has 0 spiro atoms. The first-order chi connectivity index (χ1) is 11.1. The number of likely N-dealkylation sites (tertiary alicyclic amines) is 2. The molecule has 1 aromatic heterocycles. The standard InChI is InChI=1S/C16H21Cl2N3O2/c17-12-10-13(19-14(12)18)16(23)21-8-4-11(5-9-21)15(22)20-6-2-1-3-7-20/h10-11,19H,1-9H2. The van der Waals surface area contributed by atoms with Crippen LogP contribution >= 0.6 is 23.2 Å². The number of carbonyl (C=O) groups is 2. The van der Waals surface area contributed by atoms with Crippen molar-refractivity contribution in [1.82, 2.24) is 14.8 Å². The van der Waals surface area contributed by atoms with Crippen molar-refractivity contribution in [2.75, 3.05) is 26.2 Å². The highest BCUT2D eigenvalue weighted by molar-refractivity contribution is 6.41. The smallest absolute Gasteiger partial charge is 0.270 e. The minimum atomic E-state index is -0.109. The molecular weight excluding hydrogens is 337 g/mol. The van der Waals surface area contributed by atoms with E-state index in [1.165, 1.54) is 6.42 Å². The van der Waals surface area contributed by atoms with Crippen LogP contribution in [0.3, 0.4) is 0 Å². The van der Waals surface area contributed by atoms with E-state index in [0.29, 0.717) is 23.8 Å². The molecule has 23 heavy (non-hydrogen) atoms. The van der Waals surface area contributed by atoms with E-state index in [2.05, 4.69) is 4.98 Å². The number of aromatic nitrogens is 1. The lowest BCUT2D eigenvalue weighted by Gasteiger charge is -2.35. The van der Waals surface area contributed by atoms with Crippen LogP contribution in [0.1, 0.15) is 42.6 Å². The number of aromatic amines is 1. The van der Waals surface area contributed by atoms with Crippen molar-refractivity contribution < 1.29 is 9.59 Å². The van der Waals surface area contributed by atoms with E-state index in [1.54, 1.807) is 11.0 Å². The van der Waals surface area contributed by atoms with Gasteiger partial charge in [0, 0.05) is 32.1 Å². The van der Waals surface area contributed by atoms with Crippen molar-refractivity contribution in [3.63, 3.8) is 0 Å². The molecule has 5 nitrogen and oxygen atoms in total. The zero-order valence-corrected chi connectivity index (χ0v) is 14.5. The monoisotopic (exact) mass is 357 g/mol. The Morgan fingerprint density at radius 2 is 1.65 bits per heavy atom. The van der Waals surface area contributed by atoms with Gasteiger partial charge in [0.15, 0.2) is 0 Å². The maximum absolute atomic E-state index is 12.5. The molecule has 0 aromatic carbocycles. The zero-order chi connectivity index (χ0) is 16.4. The van der Waals surface area contributed by atoms with Crippen LogP contribution in [0, 0.1) is 5.92 Å². The van der Waals surface area contributed by atoms with E-state index >= 15 is 0 Å². The summed E-state index contributed by atoms with van der Waals surface area (Å²) in [4.78, 5) is 31.5. The zero-order valence-electron chi connectivity index (χ0n) is 13.0. The number of hydrogen-bond donors (Lipinski definition) is 1. The number of nitrogens with one attached hydrogen (secondary N) is 1. The van der Waals surface area contributed by atoms with Gasteiger partial charge in [-0.2, -0.15) is 0 Å². The Bertz CT molecular complexity index is 569. The Morgan fingerprint density at radius 3 is 2.22 bits per heavy atom. The Labute approximate surface area is 145 Å². The van der Waals surface area contributed by atoms with E-state index in [0.717, 1.165) is 38.8 Å². The highest BCUT2D eigenvalue weighted by Crippen LogP contribution is 2.25. The first-order valence-electron chi connectivity index (χ1n) is 8.18. The van der Waals surface area contributed by atoms with Gasteiger partial charge in [-0.05, 0) is 38.2 Å². The third kappa shape index (κ3) is 3.66. The van der Waals surface area contributed by atoms with Crippen molar-refractivity contribution >= 4 is 35.0 Å². The highest BCUT2D eigenvalue weighted by Gasteiger charge is 2.31. The fourth-order valence-corrected chi connectivity index (χ4v) is 3.70. The van der Waals surface area contributed by atoms with Crippen LogP contribution in [0.25, 0.3) is 0 Å². The number of carbonyl (C=O) groups excluding carboxylic acids is 2. The minimum absolute atomic E-state index is 0.0490. The molecule has 2 fully saturated rings. The van der Waals surface area contributed by atoms with Gasteiger partial charge in [-0.3, -0.25) is 9.59 Å². The van der Waals surface area contributed by atoms with Gasteiger partial charge in [0.2, 0.25) is 5.91 Å². The van der Waals surface area contributed by atoms with Crippen LogP contribution in [0.2, 0.25) is 10.2 Å². The fraction of sp³-hybridized carbons (Fsp3) is 0.625. The van der Waals surface area contributed by atoms with Crippen molar-refractivity contribution in [1.29, 1.82) is 0 Å². The van der Waals surface area contributed by atoms with Crippen molar-refractivity contribution in [2.24, 2.45) is 5.92 Å². The molecule has 0 atom stereocenters. The number of H-pyrrole nitrogens is 1. The molecule has 1 N–H and O–H groups in total. The lowest BCUT2D eigenvalue weighted by atomic mass is 9.94. The molecule has 126 valence electrons. The SMILES string of the molecule is O=C(c1cc(Cl)c(Cl)[nH]1)N1CCC(C(=O)N2CCCCC2)CC1. The summed E-state index contributed by atoms with van der Waals surface area (Å²) in [6.07, 6.45) is 4.89. The van der Waals surface area contributed by atoms with Crippen molar-refractivity contribution in [2.45, 2.75) is 32.1 Å². The van der Waals surface area contributed by atoms with Crippen LogP contribution in [0.15, 0.2) is 6.07 Å². The van der Waals surface area contributed by atoms with Crippen molar-refractivity contribution in [3.05, 3.63) is 21.9 Å². The topological polar surface area (TPSA) is 56.4 Å². The van der Waals surface area contributed by atoms with Crippen LogP contribution in [0.5, 0.6) is 0 Å². The van der Waals surface area contributed by atoms with Crippen LogP contribution in [0.4, 0.5) is 0 Å². The molecule has 7 heteroatoms. The Balaban J connectivity index is 1.55.